The number of benzene rings is 1. The van der Waals surface area contributed by atoms with Crippen LogP contribution in [0.15, 0.2) is 30.5 Å². The van der Waals surface area contributed by atoms with Crippen molar-refractivity contribution < 1.29 is 14.3 Å². The predicted octanol–water partition coefficient (Wildman–Crippen LogP) is 2.36. The molecule has 1 aliphatic rings. The van der Waals surface area contributed by atoms with Crippen LogP contribution in [0.2, 0.25) is 0 Å². The van der Waals surface area contributed by atoms with Crippen LogP contribution in [0.5, 0.6) is 0 Å². The summed E-state index contributed by atoms with van der Waals surface area (Å²) >= 11 is 0. The molecule has 2 heterocycles. The number of nitrogens with zero attached hydrogens (tertiary/aromatic N) is 1. The van der Waals surface area contributed by atoms with E-state index in [1.165, 1.54) is 0 Å². The number of ether oxygens (including phenoxy) is 2. The molecule has 0 radical (unpaired) electrons. The summed E-state index contributed by atoms with van der Waals surface area (Å²) in [5, 5.41) is 4.00. The number of hydrogen-bond acceptors (Lipinski definition) is 4. The second-order valence-corrected chi connectivity index (χ2v) is 5.86. The molecule has 1 aromatic heterocycles. The summed E-state index contributed by atoms with van der Waals surface area (Å²) in [4.78, 5) is 16.3. The number of aromatic nitrogens is 1. The highest BCUT2D eigenvalue weighted by molar-refractivity contribution is 5.84. The van der Waals surface area contributed by atoms with Crippen molar-refractivity contribution in [2.45, 2.75) is 32.4 Å². The molecule has 5 nitrogen and oxygen atoms in total. The molecule has 1 amide bonds. The van der Waals surface area contributed by atoms with Gasteiger partial charge in [-0.25, -0.2) is 0 Å². The Bertz CT molecular complexity index is 681. The van der Waals surface area contributed by atoms with Gasteiger partial charge in [-0.2, -0.15) is 0 Å². The molecule has 5 heteroatoms. The molecule has 0 saturated carbocycles. The number of carbonyl (C=O) groups is 1. The van der Waals surface area contributed by atoms with Crippen LogP contribution >= 0.6 is 0 Å². The van der Waals surface area contributed by atoms with Crippen LogP contribution in [0, 0.1) is 6.92 Å². The van der Waals surface area contributed by atoms with E-state index in [4.69, 9.17) is 9.47 Å². The van der Waals surface area contributed by atoms with Gasteiger partial charge in [0.1, 0.15) is 6.61 Å². The maximum Gasteiger partial charge on any atom is 0.246 e. The maximum absolute atomic E-state index is 11.9. The predicted molar refractivity (Wildman–Crippen MR) is 88.1 cm³/mol. The minimum Gasteiger partial charge on any atom is -0.376 e. The minimum atomic E-state index is -0.108. The third-order valence-electron chi connectivity index (χ3n) is 4.15. The summed E-state index contributed by atoms with van der Waals surface area (Å²) < 4.78 is 10.9. The molecular weight excluding hydrogens is 292 g/mol. The molecule has 0 bridgehead atoms. The lowest BCUT2D eigenvalue weighted by Gasteiger charge is -2.12. The summed E-state index contributed by atoms with van der Waals surface area (Å²) in [6.45, 7) is 3.89. The fourth-order valence-corrected chi connectivity index (χ4v) is 2.85. The van der Waals surface area contributed by atoms with E-state index in [0.717, 1.165) is 41.5 Å². The van der Waals surface area contributed by atoms with Crippen LogP contribution in [0.3, 0.4) is 0 Å². The van der Waals surface area contributed by atoms with E-state index in [9.17, 15) is 4.79 Å². The van der Waals surface area contributed by atoms with Crippen molar-refractivity contribution in [2.24, 2.45) is 0 Å². The van der Waals surface area contributed by atoms with Gasteiger partial charge in [0.15, 0.2) is 0 Å². The molecule has 1 aromatic carbocycles. The van der Waals surface area contributed by atoms with Crippen LogP contribution in [0.25, 0.3) is 10.9 Å². The lowest BCUT2D eigenvalue weighted by molar-refractivity contribution is -0.127. The van der Waals surface area contributed by atoms with Gasteiger partial charge in [0.05, 0.1) is 18.2 Å². The van der Waals surface area contributed by atoms with E-state index >= 15 is 0 Å². The lowest BCUT2D eigenvalue weighted by atomic mass is 10.0. The van der Waals surface area contributed by atoms with Gasteiger partial charge in [-0.1, -0.05) is 12.1 Å². The fraction of sp³-hybridized carbons (Fsp3) is 0.444. The number of carbonyl (C=O) groups excluding carboxylic acids is 1. The molecule has 1 atom stereocenters. The van der Waals surface area contributed by atoms with Crippen molar-refractivity contribution in [1.29, 1.82) is 0 Å². The molecule has 0 aliphatic carbocycles. The number of nitrogens with one attached hydrogen (secondary N) is 1. The second-order valence-electron chi connectivity index (χ2n) is 5.86. The Kier molecular flexibility index (Phi) is 5.20. The van der Waals surface area contributed by atoms with Crippen LogP contribution in [0.4, 0.5) is 0 Å². The van der Waals surface area contributed by atoms with Gasteiger partial charge >= 0.3 is 0 Å². The van der Waals surface area contributed by atoms with Crippen molar-refractivity contribution in [3.05, 3.63) is 41.6 Å². The highest BCUT2D eigenvalue weighted by Crippen LogP contribution is 2.20. The molecule has 2 aromatic rings. The zero-order valence-electron chi connectivity index (χ0n) is 13.4. The summed E-state index contributed by atoms with van der Waals surface area (Å²) in [6.07, 6.45) is 4.02. The topological polar surface area (TPSA) is 60.5 Å². The normalized spacial score (nSPS) is 17.5. The SMILES string of the molecule is Cc1ccc2ncccc2c1CNC(=O)COC[C@H]1CCCO1. The van der Waals surface area contributed by atoms with Crippen molar-refractivity contribution in [1.82, 2.24) is 10.3 Å². The zero-order valence-corrected chi connectivity index (χ0v) is 13.4. The van der Waals surface area contributed by atoms with Crippen molar-refractivity contribution in [3.63, 3.8) is 0 Å². The Labute approximate surface area is 136 Å². The number of aryl methyl sites for hydroxylation is 1. The van der Waals surface area contributed by atoms with E-state index in [1.807, 2.05) is 31.2 Å². The quantitative estimate of drug-likeness (QED) is 0.889. The Morgan fingerprint density at radius 2 is 2.35 bits per heavy atom. The molecule has 0 spiro atoms. The van der Waals surface area contributed by atoms with Crippen LogP contribution in [0.1, 0.15) is 24.0 Å². The molecule has 1 aliphatic heterocycles. The largest absolute Gasteiger partial charge is 0.376 e. The van der Waals surface area contributed by atoms with Gasteiger partial charge in [-0.15, -0.1) is 0 Å². The highest BCUT2D eigenvalue weighted by Gasteiger charge is 2.16. The van der Waals surface area contributed by atoms with Crippen molar-refractivity contribution in [3.8, 4) is 0 Å². The first-order chi connectivity index (χ1) is 11.2. The van der Waals surface area contributed by atoms with Gasteiger partial charge in [0, 0.05) is 24.7 Å². The zero-order chi connectivity index (χ0) is 16.1. The summed E-state index contributed by atoms with van der Waals surface area (Å²) in [5.41, 5.74) is 3.19. The van der Waals surface area contributed by atoms with E-state index in [2.05, 4.69) is 10.3 Å². The van der Waals surface area contributed by atoms with Gasteiger partial charge in [0.25, 0.3) is 0 Å². The van der Waals surface area contributed by atoms with Crippen molar-refractivity contribution >= 4 is 16.8 Å². The average Bonchev–Trinajstić information content (AvgIpc) is 3.07. The van der Waals surface area contributed by atoms with Gasteiger partial charge in [-0.3, -0.25) is 9.78 Å². The maximum atomic E-state index is 11.9. The lowest BCUT2D eigenvalue weighted by Crippen LogP contribution is -2.29. The van der Waals surface area contributed by atoms with Gasteiger partial charge in [0.2, 0.25) is 5.91 Å². The number of amides is 1. The summed E-state index contributed by atoms with van der Waals surface area (Å²) in [5.74, 6) is -0.108. The molecule has 122 valence electrons. The molecule has 3 rings (SSSR count). The van der Waals surface area contributed by atoms with E-state index in [0.29, 0.717) is 13.2 Å². The van der Waals surface area contributed by atoms with E-state index < -0.39 is 0 Å². The first-order valence-electron chi connectivity index (χ1n) is 8.03. The summed E-state index contributed by atoms with van der Waals surface area (Å²) in [6, 6.07) is 7.98. The smallest absolute Gasteiger partial charge is 0.246 e. The van der Waals surface area contributed by atoms with Crippen LogP contribution < -0.4 is 5.32 Å². The second kappa shape index (κ2) is 7.53. The third-order valence-corrected chi connectivity index (χ3v) is 4.15. The van der Waals surface area contributed by atoms with E-state index in [1.54, 1.807) is 6.20 Å². The Morgan fingerprint density at radius 3 is 3.17 bits per heavy atom. The Morgan fingerprint density at radius 1 is 1.43 bits per heavy atom. The average molecular weight is 314 g/mol. The fourth-order valence-electron chi connectivity index (χ4n) is 2.85. The summed E-state index contributed by atoms with van der Waals surface area (Å²) in [7, 11) is 0. The molecular formula is C18H22N2O3. The van der Waals surface area contributed by atoms with Crippen LogP contribution in [-0.2, 0) is 20.8 Å². The van der Waals surface area contributed by atoms with Gasteiger partial charge in [-0.05, 0) is 43.0 Å². The number of fused-ring (bicyclic) bond motifs is 1. The highest BCUT2D eigenvalue weighted by atomic mass is 16.5. The van der Waals surface area contributed by atoms with E-state index in [-0.39, 0.29) is 18.6 Å². The molecule has 1 fully saturated rings. The number of pyridine rings is 1. The molecule has 23 heavy (non-hydrogen) atoms. The van der Waals surface area contributed by atoms with Crippen LogP contribution in [-0.4, -0.2) is 36.8 Å². The first-order valence-corrected chi connectivity index (χ1v) is 8.03. The third kappa shape index (κ3) is 4.06. The molecule has 0 unspecified atom stereocenters. The Hall–Kier alpha value is -1.98. The van der Waals surface area contributed by atoms with Gasteiger partial charge < -0.3 is 14.8 Å². The monoisotopic (exact) mass is 314 g/mol. The first kappa shape index (κ1) is 15.9. The minimum absolute atomic E-state index is 0.0714. The Balaban J connectivity index is 1.53. The molecule has 1 saturated heterocycles. The number of rotatable bonds is 6. The standard InChI is InChI=1S/C18H22N2O3/c1-13-6-7-17-15(5-2-8-19-17)16(13)10-20-18(21)12-22-11-14-4-3-9-23-14/h2,5-8,14H,3-4,9-12H2,1H3,(H,20,21)/t14-/m1/s1. The number of hydrogen-bond donors (Lipinski definition) is 1. The molecule has 1 N–H and O–H groups in total. The van der Waals surface area contributed by atoms with Crippen molar-refractivity contribution in [2.75, 3.05) is 19.8 Å².